The highest BCUT2D eigenvalue weighted by atomic mass is 16.5. The van der Waals surface area contributed by atoms with Crippen LogP contribution in [0.2, 0.25) is 0 Å². The van der Waals surface area contributed by atoms with Crippen molar-refractivity contribution in [1.82, 2.24) is 0 Å². The minimum Gasteiger partial charge on any atom is -0.457 e. The van der Waals surface area contributed by atoms with E-state index in [2.05, 4.69) is 11.9 Å². The molecule has 3 heteroatoms. The van der Waals surface area contributed by atoms with Crippen molar-refractivity contribution in [3.8, 4) is 0 Å². The molecule has 3 nitrogen and oxygen atoms in total. The molecule has 0 radical (unpaired) electrons. The van der Waals surface area contributed by atoms with Crippen molar-refractivity contribution in [1.29, 1.82) is 0 Å². The molecular formula is C7H12N2O. The summed E-state index contributed by atoms with van der Waals surface area (Å²) in [7, 11) is 0. The highest BCUT2D eigenvalue weighted by Crippen LogP contribution is 2.42. The van der Waals surface area contributed by atoms with Crippen LogP contribution in [0.15, 0.2) is 4.99 Å². The number of amidine groups is 1. The quantitative estimate of drug-likeness (QED) is 0.532. The van der Waals surface area contributed by atoms with Crippen molar-refractivity contribution in [3.05, 3.63) is 0 Å². The Balaban J connectivity index is 1.99. The van der Waals surface area contributed by atoms with Crippen molar-refractivity contribution in [2.75, 3.05) is 6.54 Å². The van der Waals surface area contributed by atoms with E-state index in [0.717, 1.165) is 25.3 Å². The zero-order chi connectivity index (χ0) is 7.19. The first-order valence-electron chi connectivity index (χ1n) is 3.69. The molecule has 0 bridgehead atoms. The third-order valence-corrected chi connectivity index (χ3v) is 2.29. The number of hydrogen-bond acceptors (Lipinski definition) is 3. The van der Waals surface area contributed by atoms with Gasteiger partial charge in [-0.25, -0.2) is 4.99 Å². The molecule has 2 rings (SSSR count). The molecule has 0 aromatic heterocycles. The van der Waals surface area contributed by atoms with E-state index in [1.165, 1.54) is 0 Å². The van der Waals surface area contributed by atoms with Gasteiger partial charge in [0.2, 0.25) is 0 Å². The third kappa shape index (κ3) is 0.696. The summed E-state index contributed by atoms with van der Waals surface area (Å²) < 4.78 is 5.38. The van der Waals surface area contributed by atoms with Gasteiger partial charge in [0.25, 0.3) is 6.02 Å². The molecule has 1 fully saturated rings. The van der Waals surface area contributed by atoms with Gasteiger partial charge in [0.05, 0.1) is 6.54 Å². The highest BCUT2D eigenvalue weighted by molar-refractivity contribution is 5.73. The van der Waals surface area contributed by atoms with Crippen LogP contribution in [-0.2, 0) is 4.74 Å². The van der Waals surface area contributed by atoms with E-state index in [0.29, 0.717) is 6.02 Å². The Bertz CT molecular complexity index is 182. The largest absolute Gasteiger partial charge is 0.457 e. The predicted octanol–water partition coefficient (Wildman–Crippen LogP) is 0.500. The minimum absolute atomic E-state index is 0.0312. The molecule has 0 unspecified atom stereocenters. The number of aliphatic imine (C=N–C) groups is 1. The molecule has 0 aromatic carbocycles. The maximum absolute atomic E-state index is 5.39. The molecule has 10 heavy (non-hydrogen) atoms. The summed E-state index contributed by atoms with van der Waals surface area (Å²) in [4.78, 5) is 4.02. The van der Waals surface area contributed by atoms with E-state index >= 15 is 0 Å². The number of rotatable bonds is 0. The van der Waals surface area contributed by atoms with E-state index in [1.807, 2.05) is 0 Å². The van der Waals surface area contributed by atoms with Crippen LogP contribution in [0.5, 0.6) is 0 Å². The summed E-state index contributed by atoms with van der Waals surface area (Å²) in [5.41, 5.74) is 5.42. The van der Waals surface area contributed by atoms with Crippen molar-refractivity contribution in [2.45, 2.75) is 25.4 Å². The number of nitrogens with zero attached hydrogens (tertiary/aromatic N) is 1. The Labute approximate surface area is 60.3 Å². The third-order valence-electron chi connectivity index (χ3n) is 2.29. The SMILES string of the molecule is CC1CC2(CN=C(N)O2)C1. The average molecular weight is 140 g/mol. The van der Waals surface area contributed by atoms with E-state index in [4.69, 9.17) is 10.5 Å². The van der Waals surface area contributed by atoms with Crippen LogP contribution in [0.3, 0.4) is 0 Å². The molecule has 2 N–H and O–H groups in total. The van der Waals surface area contributed by atoms with E-state index in [1.54, 1.807) is 0 Å². The monoisotopic (exact) mass is 140 g/mol. The molecule has 1 heterocycles. The molecule has 56 valence electrons. The normalized spacial score (nSPS) is 44.5. The van der Waals surface area contributed by atoms with Gasteiger partial charge < -0.3 is 10.5 Å². The van der Waals surface area contributed by atoms with Crippen LogP contribution in [0.25, 0.3) is 0 Å². The number of hydrogen-bond donors (Lipinski definition) is 1. The maximum Gasteiger partial charge on any atom is 0.282 e. The zero-order valence-electron chi connectivity index (χ0n) is 6.13. The summed E-state index contributed by atoms with van der Waals surface area (Å²) in [6, 6.07) is 0.381. The van der Waals surface area contributed by atoms with E-state index < -0.39 is 0 Å². The topological polar surface area (TPSA) is 47.6 Å². The Hall–Kier alpha value is -0.730. The van der Waals surface area contributed by atoms with Crippen LogP contribution in [0, 0.1) is 5.92 Å². The highest BCUT2D eigenvalue weighted by Gasteiger charge is 2.47. The second-order valence-electron chi connectivity index (χ2n) is 3.45. The van der Waals surface area contributed by atoms with Gasteiger partial charge in [-0.05, 0) is 18.8 Å². The Morgan fingerprint density at radius 3 is 2.80 bits per heavy atom. The lowest BCUT2D eigenvalue weighted by Gasteiger charge is -2.41. The van der Waals surface area contributed by atoms with Gasteiger partial charge in [0.1, 0.15) is 5.60 Å². The molecule has 2 aliphatic rings. The lowest BCUT2D eigenvalue weighted by molar-refractivity contribution is -0.0305. The molecule has 0 saturated heterocycles. The number of nitrogens with two attached hydrogens (primary N) is 1. The van der Waals surface area contributed by atoms with Crippen molar-refractivity contribution in [3.63, 3.8) is 0 Å². The predicted molar refractivity (Wildman–Crippen MR) is 38.7 cm³/mol. The van der Waals surface area contributed by atoms with Gasteiger partial charge in [-0.15, -0.1) is 0 Å². The summed E-state index contributed by atoms with van der Waals surface area (Å²) >= 11 is 0. The van der Waals surface area contributed by atoms with Gasteiger partial charge in [0, 0.05) is 0 Å². The Morgan fingerprint density at radius 1 is 1.70 bits per heavy atom. The average Bonchev–Trinajstić information content (AvgIpc) is 2.10. The van der Waals surface area contributed by atoms with E-state index in [-0.39, 0.29) is 5.60 Å². The fraction of sp³-hybridized carbons (Fsp3) is 0.857. The van der Waals surface area contributed by atoms with Crippen molar-refractivity contribution >= 4 is 6.02 Å². The molecule has 1 aliphatic heterocycles. The Morgan fingerprint density at radius 2 is 2.40 bits per heavy atom. The van der Waals surface area contributed by atoms with Crippen LogP contribution >= 0.6 is 0 Å². The lowest BCUT2D eigenvalue weighted by Crippen LogP contribution is -2.46. The maximum atomic E-state index is 5.39. The Kier molecular flexibility index (Phi) is 0.993. The van der Waals surface area contributed by atoms with Gasteiger partial charge in [0.15, 0.2) is 0 Å². The van der Waals surface area contributed by atoms with Gasteiger partial charge in [-0.3, -0.25) is 0 Å². The first-order chi connectivity index (χ1) is 4.70. The second-order valence-corrected chi connectivity index (χ2v) is 3.45. The summed E-state index contributed by atoms with van der Waals surface area (Å²) in [6.07, 6.45) is 2.24. The van der Waals surface area contributed by atoms with Crippen LogP contribution in [0.1, 0.15) is 19.8 Å². The van der Waals surface area contributed by atoms with Crippen molar-refractivity contribution < 1.29 is 4.74 Å². The molecule has 1 saturated carbocycles. The fourth-order valence-corrected chi connectivity index (χ4v) is 1.93. The standard InChI is InChI=1S/C7H12N2O/c1-5-2-7(3-5)4-9-6(8)10-7/h5H,2-4H2,1H3,(H2,8,9). The summed E-state index contributed by atoms with van der Waals surface area (Å²) in [5.74, 6) is 0.793. The molecule has 0 aromatic rings. The minimum atomic E-state index is 0.0312. The van der Waals surface area contributed by atoms with Crippen LogP contribution in [0.4, 0.5) is 0 Å². The fourth-order valence-electron chi connectivity index (χ4n) is 1.93. The number of ether oxygens (including phenoxy) is 1. The zero-order valence-corrected chi connectivity index (χ0v) is 6.13. The van der Waals surface area contributed by atoms with Crippen LogP contribution < -0.4 is 5.73 Å². The summed E-state index contributed by atoms with van der Waals surface area (Å²) in [6.45, 7) is 3.01. The smallest absolute Gasteiger partial charge is 0.282 e. The first-order valence-corrected chi connectivity index (χ1v) is 3.69. The first kappa shape index (κ1) is 6.01. The molecular weight excluding hydrogens is 128 g/mol. The lowest BCUT2D eigenvalue weighted by atomic mass is 9.72. The van der Waals surface area contributed by atoms with Crippen LogP contribution in [-0.4, -0.2) is 18.2 Å². The molecule has 1 spiro atoms. The molecule has 1 aliphatic carbocycles. The van der Waals surface area contributed by atoms with Gasteiger partial charge >= 0.3 is 0 Å². The van der Waals surface area contributed by atoms with Gasteiger partial charge in [-0.1, -0.05) is 6.92 Å². The van der Waals surface area contributed by atoms with Crippen molar-refractivity contribution in [2.24, 2.45) is 16.6 Å². The molecule has 0 atom stereocenters. The molecule has 0 amide bonds. The van der Waals surface area contributed by atoms with E-state index in [9.17, 15) is 0 Å². The summed E-state index contributed by atoms with van der Waals surface area (Å²) in [5, 5.41) is 0. The second kappa shape index (κ2) is 1.65. The van der Waals surface area contributed by atoms with Gasteiger partial charge in [-0.2, -0.15) is 0 Å².